The summed E-state index contributed by atoms with van der Waals surface area (Å²) >= 11 is 0. The molecular weight excluding hydrogens is 284 g/mol. The molecule has 0 aromatic heterocycles. The Morgan fingerprint density at radius 2 is 1.59 bits per heavy atom. The van der Waals surface area contributed by atoms with Crippen molar-refractivity contribution in [1.82, 2.24) is 0 Å². The van der Waals surface area contributed by atoms with Crippen LogP contribution in [0.4, 0.5) is 0 Å². The molecule has 0 heterocycles. The van der Waals surface area contributed by atoms with Crippen LogP contribution in [-0.2, 0) is 19.3 Å². The molecule has 1 rings (SSSR count). The minimum absolute atomic E-state index is 0.379. The van der Waals surface area contributed by atoms with Crippen LogP contribution in [0.3, 0.4) is 0 Å². The van der Waals surface area contributed by atoms with Gasteiger partial charge in [0.2, 0.25) is 0 Å². The number of carbonyl (C=O) groups excluding carboxylic acids is 2. The number of ether oxygens (including phenoxy) is 1. The zero-order chi connectivity index (χ0) is 16.0. The third-order valence-electron chi connectivity index (χ3n) is 2.93. The molecule has 22 heavy (non-hydrogen) atoms. The fourth-order valence-electron chi connectivity index (χ4n) is 1.74. The third kappa shape index (κ3) is 8.21. The molecule has 1 aromatic rings. The Bertz CT molecular complexity index is 455. The Morgan fingerprint density at radius 3 is 2.27 bits per heavy atom. The van der Waals surface area contributed by atoms with Crippen molar-refractivity contribution in [2.45, 2.75) is 32.1 Å². The fourth-order valence-corrected chi connectivity index (χ4v) is 1.74. The lowest BCUT2D eigenvalue weighted by Gasteiger charge is -2.04. The van der Waals surface area contributed by atoms with Crippen molar-refractivity contribution in [1.29, 1.82) is 0 Å². The second-order valence-corrected chi connectivity index (χ2v) is 4.70. The highest BCUT2D eigenvalue weighted by Gasteiger charge is 2.06. The maximum absolute atomic E-state index is 11.5. The number of esters is 1. The second kappa shape index (κ2) is 11.5. The number of hydrogen-bond acceptors (Lipinski definition) is 5. The van der Waals surface area contributed by atoms with Gasteiger partial charge >= 0.3 is 11.9 Å². The van der Waals surface area contributed by atoms with Gasteiger partial charge in [0, 0.05) is 6.08 Å². The topological polar surface area (TPSA) is 61.8 Å². The smallest absolute Gasteiger partial charge is 0.373 e. The van der Waals surface area contributed by atoms with Crippen LogP contribution in [0, 0.1) is 0 Å². The van der Waals surface area contributed by atoms with Crippen molar-refractivity contribution in [2.75, 3.05) is 13.2 Å². The molecule has 0 radical (unpaired) electrons. The predicted molar refractivity (Wildman–Crippen MR) is 82.1 cm³/mol. The third-order valence-corrected chi connectivity index (χ3v) is 2.93. The Kier molecular flexibility index (Phi) is 9.37. The van der Waals surface area contributed by atoms with Gasteiger partial charge in [-0.2, -0.15) is 4.89 Å². The van der Waals surface area contributed by atoms with Gasteiger partial charge in [0.25, 0.3) is 0 Å². The monoisotopic (exact) mass is 306 g/mol. The van der Waals surface area contributed by atoms with Crippen LogP contribution in [0.15, 0.2) is 43.0 Å². The Labute approximate surface area is 130 Å². The molecule has 120 valence electrons. The van der Waals surface area contributed by atoms with E-state index in [1.807, 2.05) is 6.07 Å². The molecule has 0 saturated carbocycles. The van der Waals surface area contributed by atoms with Gasteiger partial charge in [-0.05, 0) is 25.0 Å². The van der Waals surface area contributed by atoms with Crippen molar-refractivity contribution in [3.8, 4) is 0 Å². The van der Waals surface area contributed by atoms with E-state index >= 15 is 0 Å². The van der Waals surface area contributed by atoms with Crippen LogP contribution in [0.25, 0.3) is 0 Å². The minimum Gasteiger partial charge on any atom is -0.463 e. The number of unbranched alkanes of at least 4 members (excludes halogenated alkanes) is 4. The van der Waals surface area contributed by atoms with E-state index in [1.54, 1.807) is 24.3 Å². The van der Waals surface area contributed by atoms with E-state index < -0.39 is 5.97 Å². The van der Waals surface area contributed by atoms with Gasteiger partial charge in [-0.15, -0.1) is 0 Å². The molecule has 5 nitrogen and oxygen atoms in total. The van der Waals surface area contributed by atoms with Crippen LogP contribution in [0.5, 0.6) is 0 Å². The molecule has 0 saturated heterocycles. The van der Waals surface area contributed by atoms with E-state index in [1.165, 1.54) is 0 Å². The Hall–Kier alpha value is -2.14. The van der Waals surface area contributed by atoms with E-state index in [0.717, 1.165) is 38.2 Å². The molecule has 0 aliphatic rings. The van der Waals surface area contributed by atoms with Crippen LogP contribution in [-0.4, -0.2) is 25.2 Å². The summed E-state index contributed by atoms with van der Waals surface area (Å²) in [5.41, 5.74) is 0.469. The normalized spacial score (nSPS) is 10.0. The summed E-state index contributed by atoms with van der Waals surface area (Å²) in [6.07, 6.45) is 5.78. The first-order chi connectivity index (χ1) is 10.7. The lowest BCUT2D eigenvalue weighted by atomic mass is 10.1. The van der Waals surface area contributed by atoms with Crippen molar-refractivity contribution in [3.63, 3.8) is 0 Å². The molecule has 0 amide bonds. The molecule has 0 aliphatic heterocycles. The van der Waals surface area contributed by atoms with E-state index in [0.29, 0.717) is 18.8 Å². The first-order valence-electron chi connectivity index (χ1n) is 7.42. The molecule has 0 spiro atoms. The zero-order valence-electron chi connectivity index (χ0n) is 12.7. The van der Waals surface area contributed by atoms with Gasteiger partial charge < -0.3 is 4.74 Å². The molecule has 0 N–H and O–H groups in total. The van der Waals surface area contributed by atoms with Crippen molar-refractivity contribution in [2.24, 2.45) is 0 Å². The molecular formula is C17H22O5. The van der Waals surface area contributed by atoms with E-state index in [4.69, 9.17) is 14.5 Å². The highest BCUT2D eigenvalue weighted by Crippen LogP contribution is 2.05. The van der Waals surface area contributed by atoms with E-state index in [2.05, 4.69) is 6.58 Å². The summed E-state index contributed by atoms with van der Waals surface area (Å²) in [5.74, 6) is -0.863. The lowest BCUT2D eigenvalue weighted by molar-refractivity contribution is -0.241. The number of hydrogen-bond donors (Lipinski definition) is 0. The molecule has 0 unspecified atom stereocenters. The van der Waals surface area contributed by atoms with Crippen molar-refractivity contribution >= 4 is 11.9 Å². The molecule has 0 atom stereocenters. The van der Waals surface area contributed by atoms with Gasteiger partial charge in [0.15, 0.2) is 0 Å². The average Bonchev–Trinajstić information content (AvgIpc) is 2.56. The zero-order valence-corrected chi connectivity index (χ0v) is 12.7. The molecule has 0 fully saturated rings. The van der Waals surface area contributed by atoms with Crippen LogP contribution in [0.2, 0.25) is 0 Å². The van der Waals surface area contributed by atoms with Gasteiger partial charge in [-0.25, -0.2) is 9.59 Å². The summed E-state index contributed by atoms with van der Waals surface area (Å²) in [6, 6.07) is 8.71. The number of carbonyl (C=O) groups is 2. The Balaban J connectivity index is 1.91. The van der Waals surface area contributed by atoms with E-state index in [-0.39, 0.29) is 5.97 Å². The summed E-state index contributed by atoms with van der Waals surface area (Å²) in [7, 11) is 0. The second-order valence-electron chi connectivity index (χ2n) is 4.70. The Morgan fingerprint density at radius 1 is 0.955 bits per heavy atom. The van der Waals surface area contributed by atoms with Crippen molar-refractivity contribution < 1.29 is 24.1 Å². The highest BCUT2D eigenvalue weighted by atomic mass is 17.2. The number of rotatable bonds is 11. The lowest BCUT2D eigenvalue weighted by Crippen LogP contribution is -2.06. The number of benzene rings is 1. The molecule has 1 aromatic carbocycles. The van der Waals surface area contributed by atoms with Gasteiger partial charge in [0.1, 0.15) is 0 Å². The van der Waals surface area contributed by atoms with Crippen LogP contribution < -0.4 is 0 Å². The highest BCUT2D eigenvalue weighted by molar-refractivity contribution is 5.88. The molecule has 0 aliphatic carbocycles. The molecule has 0 bridgehead atoms. The standard InChI is InChI=1S/C17H22O5/c1-2-16(18)20-13-9-4-3-5-10-14-21-22-17(19)15-11-7-6-8-12-15/h2,6-8,11-12H,1,3-5,9-10,13-14H2. The molecule has 5 heteroatoms. The summed E-state index contributed by atoms with van der Waals surface area (Å²) in [4.78, 5) is 31.9. The van der Waals surface area contributed by atoms with Gasteiger partial charge in [-0.1, -0.05) is 44.0 Å². The largest absolute Gasteiger partial charge is 0.463 e. The first kappa shape index (κ1) is 17.9. The fraction of sp³-hybridized carbons (Fsp3) is 0.412. The first-order valence-corrected chi connectivity index (χ1v) is 7.42. The van der Waals surface area contributed by atoms with Gasteiger partial charge in [0.05, 0.1) is 18.8 Å². The minimum atomic E-state index is -0.482. The summed E-state index contributed by atoms with van der Waals surface area (Å²) in [6.45, 7) is 4.13. The maximum atomic E-state index is 11.5. The summed E-state index contributed by atoms with van der Waals surface area (Å²) in [5, 5.41) is 0. The summed E-state index contributed by atoms with van der Waals surface area (Å²) < 4.78 is 4.87. The average molecular weight is 306 g/mol. The van der Waals surface area contributed by atoms with Crippen LogP contribution in [0.1, 0.15) is 42.5 Å². The predicted octanol–water partition coefficient (Wildman–Crippen LogP) is 3.45. The van der Waals surface area contributed by atoms with Crippen molar-refractivity contribution in [3.05, 3.63) is 48.6 Å². The van der Waals surface area contributed by atoms with E-state index in [9.17, 15) is 9.59 Å². The maximum Gasteiger partial charge on any atom is 0.373 e. The quantitative estimate of drug-likeness (QED) is 0.206. The SMILES string of the molecule is C=CC(=O)OCCCCCCCOOC(=O)c1ccccc1. The van der Waals surface area contributed by atoms with Gasteiger partial charge in [-0.3, -0.25) is 4.89 Å². The van der Waals surface area contributed by atoms with Crippen LogP contribution >= 0.6 is 0 Å².